The van der Waals surface area contributed by atoms with Crippen LogP contribution in [0.1, 0.15) is 12.8 Å². The van der Waals surface area contributed by atoms with Crippen LogP contribution in [-0.2, 0) is 9.13 Å². The highest BCUT2D eigenvalue weighted by Crippen LogP contribution is 2.39. The summed E-state index contributed by atoms with van der Waals surface area (Å²) < 4.78 is 21.5. The Hall–Kier alpha value is 0.380. The van der Waals surface area contributed by atoms with Crippen molar-refractivity contribution in [3.63, 3.8) is 0 Å². The predicted molar refractivity (Wildman–Crippen MR) is 50.5 cm³/mol. The van der Waals surface area contributed by atoms with Gasteiger partial charge in [-0.1, -0.05) is 0 Å². The number of hydrogen-bond acceptors (Lipinski definition) is 2. The first-order valence-corrected chi connectivity index (χ1v) is 8.38. The van der Waals surface area contributed by atoms with Crippen molar-refractivity contribution >= 4 is 14.7 Å². The molecule has 0 bridgehead atoms. The van der Waals surface area contributed by atoms with Crippen LogP contribution in [0.5, 0.6) is 0 Å². The summed E-state index contributed by atoms with van der Waals surface area (Å²) in [6.45, 7) is 2.61. The summed E-state index contributed by atoms with van der Waals surface area (Å²) in [5, 5.41) is 0. The van der Waals surface area contributed by atoms with Crippen molar-refractivity contribution in [1.82, 2.24) is 0 Å². The molecule has 0 aromatic carbocycles. The number of rotatable bonds is 5. The Labute approximate surface area is 72.9 Å². The fourth-order valence-electron chi connectivity index (χ4n) is 0.810. The predicted octanol–water partition coefficient (Wildman–Crippen LogP) is 1.57. The molecule has 0 aromatic rings. The van der Waals surface area contributed by atoms with Crippen LogP contribution in [0.2, 0.25) is 0 Å². The van der Waals surface area contributed by atoms with Crippen molar-refractivity contribution < 1.29 is 18.9 Å². The first kappa shape index (κ1) is 12.4. The van der Waals surface area contributed by atoms with Gasteiger partial charge in [-0.25, -0.2) is 0 Å². The van der Waals surface area contributed by atoms with Crippen molar-refractivity contribution in [3.05, 3.63) is 0 Å². The highest BCUT2D eigenvalue weighted by molar-refractivity contribution is 7.57. The highest BCUT2D eigenvalue weighted by Gasteiger charge is 2.12. The average molecular weight is 214 g/mol. The van der Waals surface area contributed by atoms with Gasteiger partial charge in [0.05, 0.1) is 0 Å². The van der Waals surface area contributed by atoms with E-state index in [2.05, 4.69) is 0 Å². The molecule has 0 fully saturated rings. The molecule has 0 spiro atoms. The van der Waals surface area contributed by atoms with Gasteiger partial charge in [-0.3, -0.25) is 9.13 Å². The molecule has 2 unspecified atom stereocenters. The molecular weight excluding hydrogens is 198 g/mol. The lowest BCUT2D eigenvalue weighted by Crippen LogP contribution is -1.91. The minimum atomic E-state index is -2.92. The van der Waals surface area contributed by atoms with Gasteiger partial charge in [-0.15, -0.1) is 0 Å². The quantitative estimate of drug-likeness (QED) is 0.538. The third-order valence-electron chi connectivity index (χ3n) is 1.40. The van der Waals surface area contributed by atoms with E-state index in [-0.39, 0.29) is 12.3 Å². The molecule has 2 atom stereocenters. The number of hydrogen-bond donors (Lipinski definition) is 2. The van der Waals surface area contributed by atoms with Gasteiger partial charge in [0.25, 0.3) is 0 Å². The van der Waals surface area contributed by atoms with Crippen LogP contribution in [0.25, 0.3) is 0 Å². The summed E-state index contributed by atoms with van der Waals surface area (Å²) in [5.74, 6) is 0. The average Bonchev–Trinajstić information content (AvgIpc) is 1.76. The molecule has 0 aliphatic heterocycles. The molecule has 0 aliphatic carbocycles. The van der Waals surface area contributed by atoms with Gasteiger partial charge in [0.15, 0.2) is 14.7 Å². The molecule has 2 N–H and O–H groups in total. The molecule has 4 nitrogen and oxygen atoms in total. The van der Waals surface area contributed by atoms with Crippen molar-refractivity contribution in [2.75, 3.05) is 25.7 Å². The molecule has 0 saturated carbocycles. The Morgan fingerprint density at radius 2 is 1.17 bits per heavy atom. The summed E-state index contributed by atoms with van der Waals surface area (Å²) in [5.41, 5.74) is 0. The molecule has 74 valence electrons. The SMILES string of the molecule is CP(=O)(O)CCCCP(C)(=O)O. The van der Waals surface area contributed by atoms with E-state index in [9.17, 15) is 9.13 Å². The van der Waals surface area contributed by atoms with Gasteiger partial charge in [-0.05, 0) is 12.8 Å². The lowest BCUT2D eigenvalue weighted by molar-refractivity contribution is 0.475. The van der Waals surface area contributed by atoms with Crippen LogP contribution < -0.4 is 0 Å². The molecule has 0 amide bonds. The van der Waals surface area contributed by atoms with Crippen molar-refractivity contribution in [3.8, 4) is 0 Å². The lowest BCUT2D eigenvalue weighted by atomic mass is 10.4. The molecule has 12 heavy (non-hydrogen) atoms. The summed E-state index contributed by atoms with van der Waals surface area (Å²) >= 11 is 0. The van der Waals surface area contributed by atoms with E-state index in [0.717, 1.165) is 0 Å². The second-order valence-electron chi connectivity index (χ2n) is 3.26. The van der Waals surface area contributed by atoms with Crippen LogP contribution in [0.3, 0.4) is 0 Å². The summed E-state index contributed by atoms with van der Waals surface area (Å²) in [6.07, 6.45) is 1.57. The standard InChI is InChI=1S/C6H16O4P2/c1-11(7,8)5-3-4-6-12(2,9)10/h3-6H2,1-2H3,(H,7,8)(H,9,10). The van der Waals surface area contributed by atoms with Gasteiger partial charge in [0, 0.05) is 25.7 Å². The Bertz CT molecular complexity index is 190. The van der Waals surface area contributed by atoms with Crippen LogP contribution in [0, 0.1) is 0 Å². The van der Waals surface area contributed by atoms with Gasteiger partial charge >= 0.3 is 0 Å². The largest absolute Gasteiger partial charge is 0.344 e. The van der Waals surface area contributed by atoms with E-state index >= 15 is 0 Å². The van der Waals surface area contributed by atoms with Crippen molar-refractivity contribution in [2.24, 2.45) is 0 Å². The minimum Gasteiger partial charge on any atom is -0.344 e. The van der Waals surface area contributed by atoms with Gasteiger partial charge in [0.1, 0.15) is 0 Å². The van der Waals surface area contributed by atoms with E-state index < -0.39 is 14.7 Å². The van der Waals surface area contributed by atoms with Gasteiger partial charge in [-0.2, -0.15) is 0 Å². The molecule has 0 aromatic heterocycles. The van der Waals surface area contributed by atoms with E-state index in [1.807, 2.05) is 0 Å². The Morgan fingerprint density at radius 3 is 1.33 bits per heavy atom. The second-order valence-corrected chi connectivity index (χ2v) is 8.35. The topological polar surface area (TPSA) is 74.6 Å². The van der Waals surface area contributed by atoms with Crippen molar-refractivity contribution in [2.45, 2.75) is 12.8 Å². The summed E-state index contributed by atoms with van der Waals surface area (Å²) in [7, 11) is -5.84. The molecule has 0 aliphatic rings. The normalized spacial score (nSPS) is 21.3. The molecule has 6 heteroatoms. The molecule has 0 heterocycles. The van der Waals surface area contributed by atoms with Crippen molar-refractivity contribution in [1.29, 1.82) is 0 Å². The highest BCUT2D eigenvalue weighted by atomic mass is 31.2. The Kier molecular flexibility index (Phi) is 4.71. The van der Waals surface area contributed by atoms with Gasteiger partial charge in [0.2, 0.25) is 0 Å². The van der Waals surface area contributed by atoms with E-state index in [1.165, 1.54) is 13.3 Å². The zero-order valence-corrected chi connectivity index (χ0v) is 9.22. The smallest absolute Gasteiger partial charge is 0.197 e. The first-order chi connectivity index (χ1) is 5.21. The van der Waals surface area contributed by atoms with Crippen LogP contribution >= 0.6 is 14.7 Å². The Balaban J connectivity index is 3.48. The molecule has 0 rings (SSSR count). The Morgan fingerprint density at radius 1 is 0.917 bits per heavy atom. The zero-order chi connectivity index (χ0) is 9.83. The third-order valence-corrected chi connectivity index (χ3v) is 3.69. The van der Waals surface area contributed by atoms with Crippen LogP contribution in [0.4, 0.5) is 0 Å². The van der Waals surface area contributed by atoms with Gasteiger partial charge < -0.3 is 9.79 Å². The lowest BCUT2D eigenvalue weighted by Gasteiger charge is -2.06. The van der Waals surface area contributed by atoms with Crippen LogP contribution in [0.15, 0.2) is 0 Å². The van der Waals surface area contributed by atoms with Crippen LogP contribution in [-0.4, -0.2) is 35.4 Å². The molecule has 0 radical (unpaired) electrons. The summed E-state index contributed by atoms with van der Waals surface area (Å²) in [6, 6.07) is 0. The fraction of sp³-hybridized carbons (Fsp3) is 1.00. The minimum absolute atomic E-state index is 0.243. The van der Waals surface area contributed by atoms with E-state index in [1.54, 1.807) is 0 Å². The third kappa shape index (κ3) is 10.4. The maximum Gasteiger partial charge on any atom is 0.197 e. The number of unbranched alkanes of at least 4 members (excludes halogenated alkanes) is 1. The maximum absolute atomic E-state index is 10.8. The molecule has 0 saturated heterocycles. The first-order valence-electron chi connectivity index (χ1n) is 3.79. The van der Waals surface area contributed by atoms with E-state index in [4.69, 9.17) is 9.79 Å². The molecular formula is C6H16O4P2. The zero-order valence-electron chi connectivity index (χ0n) is 7.43. The summed E-state index contributed by atoms with van der Waals surface area (Å²) in [4.78, 5) is 17.7. The fourth-order valence-corrected chi connectivity index (χ4v) is 2.43. The second kappa shape index (κ2) is 4.57. The van der Waals surface area contributed by atoms with E-state index in [0.29, 0.717) is 12.8 Å². The maximum atomic E-state index is 10.8. The monoisotopic (exact) mass is 214 g/mol.